The van der Waals surface area contributed by atoms with E-state index in [0.717, 1.165) is 11.1 Å². The molecule has 0 aliphatic rings. The van der Waals surface area contributed by atoms with Crippen LogP contribution in [0.15, 0.2) is 54.6 Å². The summed E-state index contributed by atoms with van der Waals surface area (Å²) in [6.07, 6.45) is 0. The third-order valence-corrected chi connectivity index (χ3v) is 4.76. The Kier molecular flexibility index (Phi) is 4.77. The number of fused-ring (bicyclic) bond motifs is 1. The Morgan fingerprint density at radius 2 is 1.75 bits per heavy atom. The number of hydrogen-bond acceptors (Lipinski definition) is 2. The van der Waals surface area contributed by atoms with Gasteiger partial charge in [-0.1, -0.05) is 41.6 Å². The van der Waals surface area contributed by atoms with Gasteiger partial charge < -0.3 is 9.72 Å². The summed E-state index contributed by atoms with van der Waals surface area (Å²) in [5.41, 5.74) is 4.63. The summed E-state index contributed by atoms with van der Waals surface area (Å²) in [4.78, 5) is 7.56. The number of rotatable bonds is 2. The van der Waals surface area contributed by atoms with Crippen molar-refractivity contribution in [2.45, 2.75) is 13.8 Å². The standard InChI is InChI=1S/C23H16ClFN2O/c1-14-7-10-18(11-15(14)2)28-23-26-21-12-17(19(24)13-22(21)27-23)9-8-16-5-3-4-6-20(16)25/h3-7,10-13H,1-2H3,(H,26,27). The first-order chi connectivity index (χ1) is 13.5. The fraction of sp³-hybridized carbons (Fsp3) is 0.0870. The lowest BCUT2D eigenvalue weighted by molar-refractivity contribution is 0.449. The molecule has 0 amide bonds. The molecule has 0 spiro atoms. The summed E-state index contributed by atoms with van der Waals surface area (Å²) in [5.74, 6) is 6.07. The van der Waals surface area contributed by atoms with Gasteiger partial charge in [-0.2, -0.15) is 4.98 Å². The number of imidazole rings is 1. The highest BCUT2D eigenvalue weighted by Crippen LogP contribution is 2.27. The van der Waals surface area contributed by atoms with Crippen LogP contribution in [0.5, 0.6) is 11.8 Å². The topological polar surface area (TPSA) is 37.9 Å². The van der Waals surface area contributed by atoms with E-state index in [4.69, 9.17) is 16.3 Å². The SMILES string of the molecule is Cc1ccc(Oc2nc3cc(C#Cc4ccccc4F)c(Cl)cc3[nH]2)cc1C. The molecule has 1 aromatic heterocycles. The van der Waals surface area contributed by atoms with E-state index in [-0.39, 0.29) is 5.82 Å². The van der Waals surface area contributed by atoms with Gasteiger partial charge in [0.15, 0.2) is 0 Å². The fourth-order valence-corrected chi connectivity index (χ4v) is 2.95. The van der Waals surface area contributed by atoms with Crippen LogP contribution in [0.3, 0.4) is 0 Å². The lowest BCUT2D eigenvalue weighted by Gasteiger charge is -2.04. The van der Waals surface area contributed by atoms with Crippen LogP contribution in [0, 0.1) is 31.5 Å². The smallest absolute Gasteiger partial charge is 0.300 e. The lowest BCUT2D eigenvalue weighted by Crippen LogP contribution is -1.88. The summed E-state index contributed by atoms with van der Waals surface area (Å²) < 4.78 is 19.6. The van der Waals surface area contributed by atoms with Gasteiger partial charge in [0.2, 0.25) is 0 Å². The lowest BCUT2D eigenvalue weighted by atomic mass is 10.1. The summed E-state index contributed by atoms with van der Waals surface area (Å²) in [6.45, 7) is 4.08. The van der Waals surface area contributed by atoms with Gasteiger partial charge in [0.1, 0.15) is 11.6 Å². The van der Waals surface area contributed by atoms with Crippen LogP contribution in [0.25, 0.3) is 11.0 Å². The maximum atomic E-state index is 13.7. The molecule has 3 nitrogen and oxygen atoms in total. The average molecular weight is 391 g/mol. The van der Waals surface area contributed by atoms with E-state index in [1.165, 1.54) is 11.6 Å². The average Bonchev–Trinajstić information content (AvgIpc) is 3.05. The van der Waals surface area contributed by atoms with Crippen molar-refractivity contribution in [3.05, 3.63) is 87.7 Å². The Bertz CT molecular complexity index is 1250. The molecule has 4 rings (SSSR count). The first kappa shape index (κ1) is 18.1. The molecule has 3 aromatic carbocycles. The van der Waals surface area contributed by atoms with Gasteiger partial charge >= 0.3 is 0 Å². The Morgan fingerprint density at radius 1 is 0.964 bits per heavy atom. The highest BCUT2D eigenvalue weighted by atomic mass is 35.5. The van der Waals surface area contributed by atoms with Crippen LogP contribution < -0.4 is 4.74 Å². The predicted octanol–water partition coefficient (Wildman–Crippen LogP) is 6.16. The third kappa shape index (κ3) is 3.71. The quantitative estimate of drug-likeness (QED) is 0.416. The number of benzene rings is 3. The minimum atomic E-state index is -0.365. The number of aromatic nitrogens is 2. The number of aromatic amines is 1. The predicted molar refractivity (Wildman–Crippen MR) is 109 cm³/mol. The second kappa shape index (κ2) is 7.38. The molecule has 0 bridgehead atoms. The molecule has 1 N–H and O–H groups in total. The van der Waals surface area contributed by atoms with E-state index in [1.54, 1.807) is 30.3 Å². The Balaban J connectivity index is 1.66. The molecule has 0 fully saturated rings. The van der Waals surface area contributed by atoms with E-state index < -0.39 is 0 Å². The minimum Gasteiger partial charge on any atom is -0.426 e. The maximum absolute atomic E-state index is 13.7. The van der Waals surface area contributed by atoms with Crippen molar-refractivity contribution in [3.63, 3.8) is 0 Å². The zero-order valence-electron chi connectivity index (χ0n) is 15.3. The Labute approximate surface area is 167 Å². The number of H-pyrrole nitrogens is 1. The number of ether oxygens (including phenoxy) is 1. The molecule has 28 heavy (non-hydrogen) atoms. The van der Waals surface area contributed by atoms with Crippen molar-refractivity contribution in [1.29, 1.82) is 0 Å². The van der Waals surface area contributed by atoms with E-state index in [1.807, 2.05) is 32.0 Å². The summed E-state index contributed by atoms with van der Waals surface area (Å²) in [6, 6.07) is 16.1. The number of aryl methyl sites for hydroxylation is 2. The van der Waals surface area contributed by atoms with Crippen molar-refractivity contribution >= 4 is 22.6 Å². The highest BCUT2D eigenvalue weighted by molar-refractivity contribution is 6.32. The van der Waals surface area contributed by atoms with Crippen LogP contribution >= 0.6 is 11.6 Å². The van der Waals surface area contributed by atoms with Gasteiger partial charge in [0.05, 0.1) is 21.6 Å². The molecule has 138 valence electrons. The molecule has 0 saturated heterocycles. The van der Waals surface area contributed by atoms with Crippen molar-refractivity contribution in [2.75, 3.05) is 0 Å². The molecule has 0 aliphatic carbocycles. The van der Waals surface area contributed by atoms with Crippen LogP contribution in [0.4, 0.5) is 4.39 Å². The number of nitrogens with zero attached hydrogens (tertiary/aromatic N) is 1. The van der Waals surface area contributed by atoms with E-state index in [2.05, 4.69) is 21.8 Å². The summed E-state index contributed by atoms with van der Waals surface area (Å²) >= 11 is 6.33. The minimum absolute atomic E-state index is 0.319. The van der Waals surface area contributed by atoms with Gasteiger partial charge in [-0.05, 0) is 61.4 Å². The molecule has 1 heterocycles. The molecule has 5 heteroatoms. The molecule has 4 aromatic rings. The van der Waals surface area contributed by atoms with Crippen LogP contribution in [0.1, 0.15) is 22.3 Å². The number of halogens is 2. The first-order valence-electron chi connectivity index (χ1n) is 8.70. The van der Waals surface area contributed by atoms with Crippen molar-refractivity contribution in [3.8, 4) is 23.6 Å². The van der Waals surface area contributed by atoms with Crippen molar-refractivity contribution < 1.29 is 9.13 Å². The molecule has 0 aliphatic heterocycles. The van der Waals surface area contributed by atoms with Gasteiger partial charge in [-0.15, -0.1) is 0 Å². The van der Waals surface area contributed by atoms with Gasteiger partial charge in [0.25, 0.3) is 6.01 Å². The van der Waals surface area contributed by atoms with Gasteiger partial charge in [-0.25, -0.2) is 4.39 Å². The van der Waals surface area contributed by atoms with Crippen LogP contribution in [0.2, 0.25) is 5.02 Å². The van der Waals surface area contributed by atoms with E-state index in [0.29, 0.717) is 33.4 Å². The third-order valence-electron chi connectivity index (χ3n) is 4.45. The van der Waals surface area contributed by atoms with Gasteiger partial charge in [0, 0.05) is 5.56 Å². The maximum Gasteiger partial charge on any atom is 0.300 e. The molecular formula is C23H16ClFN2O. The molecule has 0 saturated carbocycles. The number of nitrogens with one attached hydrogen (secondary N) is 1. The molecule has 0 unspecified atom stereocenters. The second-order valence-corrected chi connectivity index (χ2v) is 6.88. The monoisotopic (exact) mass is 390 g/mol. The highest BCUT2D eigenvalue weighted by Gasteiger charge is 2.09. The van der Waals surface area contributed by atoms with Crippen LogP contribution in [-0.4, -0.2) is 9.97 Å². The zero-order valence-corrected chi connectivity index (χ0v) is 16.1. The molecule has 0 atom stereocenters. The van der Waals surface area contributed by atoms with Crippen LogP contribution in [-0.2, 0) is 0 Å². The van der Waals surface area contributed by atoms with E-state index in [9.17, 15) is 4.39 Å². The van der Waals surface area contributed by atoms with Gasteiger partial charge in [-0.3, -0.25) is 0 Å². The largest absolute Gasteiger partial charge is 0.426 e. The molecule has 0 radical (unpaired) electrons. The fourth-order valence-electron chi connectivity index (χ4n) is 2.74. The summed E-state index contributed by atoms with van der Waals surface area (Å²) in [7, 11) is 0. The Morgan fingerprint density at radius 3 is 2.54 bits per heavy atom. The first-order valence-corrected chi connectivity index (χ1v) is 9.08. The molecular weight excluding hydrogens is 375 g/mol. The van der Waals surface area contributed by atoms with E-state index >= 15 is 0 Å². The summed E-state index contributed by atoms with van der Waals surface area (Å²) in [5, 5.41) is 0.456. The normalized spacial score (nSPS) is 10.6. The number of hydrogen-bond donors (Lipinski definition) is 1. The zero-order chi connectivity index (χ0) is 19.7. The Hall–Kier alpha value is -3.29. The van der Waals surface area contributed by atoms with Crippen molar-refractivity contribution in [1.82, 2.24) is 9.97 Å². The second-order valence-electron chi connectivity index (χ2n) is 6.47. The van der Waals surface area contributed by atoms with Crippen molar-refractivity contribution in [2.24, 2.45) is 0 Å².